The number of fused-ring (bicyclic) bond motifs is 6. The zero-order valence-corrected chi connectivity index (χ0v) is 21.9. The van der Waals surface area contributed by atoms with Crippen LogP contribution in [0.4, 0.5) is 0 Å². The SMILES string of the molecule is CC1=C2C[C@H]3[C@@H](CCC4=C[C@@H](O)CC[C@@]43C)[C@@H]2CC[C@@]2(C1)O[C@@H]1C[C@H](C)CN(CCO)C1[C@H]2C. The van der Waals surface area contributed by atoms with Crippen molar-refractivity contribution in [3.05, 3.63) is 22.8 Å². The lowest BCUT2D eigenvalue weighted by molar-refractivity contribution is -0.0799. The second kappa shape index (κ2) is 8.43. The summed E-state index contributed by atoms with van der Waals surface area (Å²) in [7, 11) is 0. The lowest BCUT2D eigenvalue weighted by Gasteiger charge is -2.49. The van der Waals surface area contributed by atoms with Crippen molar-refractivity contribution in [1.82, 2.24) is 4.90 Å². The number of ether oxygens (including phenoxy) is 1. The number of β-amino-alcohol motifs (C(OH)–C–C–N with tert-alkyl or cyclic N) is 1. The molecule has 2 N–H and O–H groups in total. The molecule has 34 heavy (non-hydrogen) atoms. The number of hydrogen-bond donors (Lipinski definition) is 2. The molecule has 1 unspecified atom stereocenters. The Morgan fingerprint density at radius 2 is 2.00 bits per heavy atom. The average molecular weight is 470 g/mol. The van der Waals surface area contributed by atoms with E-state index in [4.69, 9.17) is 4.74 Å². The maximum atomic E-state index is 10.3. The van der Waals surface area contributed by atoms with Crippen molar-refractivity contribution in [3.8, 4) is 0 Å². The van der Waals surface area contributed by atoms with Gasteiger partial charge in [-0.3, -0.25) is 4.90 Å². The van der Waals surface area contributed by atoms with E-state index in [-0.39, 0.29) is 18.3 Å². The molecule has 0 bridgehead atoms. The summed E-state index contributed by atoms with van der Waals surface area (Å²) >= 11 is 0. The molecule has 4 nitrogen and oxygen atoms in total. The van der Waals surface area contributed by atoms with E-state index in [0.29, 0.717) is 29.4 Å². The quantitative estimate of drug-likeness (QED) is 0.553. The second-order valence-electron chi connectivity index (χ2n) is 13.4. The summed E-state index contributed by atoms with van der Waals surface area (Å²) in [5.74, 6) is 3.46. The Bertz CT molecular complexity index is 880. The number of allylic oxidation sites excluding steroid dienone is 2. The van der Waals surface area contributed by atoms with Gasteiger partial charge in [0, 0.05) is 25.0 Å². The van der Waals surface area contributed by atoms with Gasteiger partial charge in [-0.25, -0.2) is 0 Å². The molecule has 2 aliphatic heterocycles. The summed E-state index contributed by atoms with van der Waals surface area (Å²) in [6, 6.07) is 0.460. The van der Waals surface area contributed by atoms with Gasteiger partial charge in [0.1, 0.15) is 0 Å². The van der Waals surface area contributed by atoms with E-state index in [1.165, 1.54) is 38.5 Å². The molecule has 0 aromatic rings. The van der Waals surface area contributed by atoms with E-state index in [1.807, 2.05) is 0 Å². The molecule has 4 aliphatic carbocycles. The molecule has 0 radical (unpaired) electrons. The van der Waals surface area contributed by atoms with E-state index in [2.05, 4.69) is 38.7 Å². The molecule has 0 aromatic carbocycles. The van der Waals surface area contributed by atoms with Crippen LogP contribution in [0.1, 0.15) is 85.5 Å². The van der Waals surface area contributed by atoms with Crippen molar-refractivity contribution >= 4 is 0 Å². The molecule has 10 atom stereocenters. The van der Waals surface area contributed by atoms with Gasteiger partial charge in [-0.2, -0.15) is 0 Å². The Hall–Kier alpha value is -0.680. The first kappa shape index (κ1) is 23.7. The van der Waals surface area contributed by atoms with Crippen LogP contribution in [0.15, 0.2) is 22.8 Å². The lowest BCUT2D eigenvalue weighted by Crippen LogP contribution is -2.52. The number of nitrogens with zero attached hydrogens (tertiary/aromatic N) is 1. The van der Waals surface area contributed by atoms with Crippen molar-refractivity contribution < 1.29 is 14.9 Å². The molecule has 0 amide bonds. The van der Waals surface area contributed by atoms with Crippen molar-refractivity contribution in [2.75, 3.05) is 19.7 Å². The van der Waals surface area contributed by atoms with Crippen LogP contribution in [-0.2, 0) is 4.74 Å². The molecule has 4 fully saturated rings. The third kappa shape index (κ3) is 3.45. The number of aliphatic hydroxyl groups excluding tert-OH is 2. The third-order valence-corrected chi connectivity index (χ3v) is 11.7. The minimum atomic E-state index is -0.218. The Morgan fingerprint density at radius 3 is 2.79 bits per heavy atom. The molecule has 4 heteroatoms. The molecule has 2 heterocycles. The molecular formula is C30H47NO3. The van der Waals surface area contributed by atoms with Crippen LogP contribution in [-0.4, -0.2) is 58.7 Å². The van der Waals surface area contributed by atoms with E-state index in [0.717, 1.165) is 50.1 Å². The Balaban J connectivity index is 1.28. The third-order valence-electron chi connectivity index (χ3n) is 11.7. The lowest BCUT2D eigenvalue weighted by atomic mass is 9.56. The predicted octanol–water partition coefficient (Wildman–Crippen LogP) is 5.10. The minimum Gasteiger partial charge on any atom is -0.395 e. The predicted molar refractivity (Wildman–Crippen MR) is 135 cm³/mol. The molecular weight excluding hydrogens is 422 g/mol. The highest BCUT2D eigenvalue weighted by atomic mass is 16.5. The Morgan fingerprint density at radius 1 is 1.18 bits per heavy atom. The molecule has 6 rings (SSSR count). The van der Waals surface area contributed by atoms with Gasteiger partial charge in [-0.1, -0.05) is 43.6 Å². The first-order valence-corrected chi connectivity index (χ1v) is 14.4. The number of piperidine rings is 1. The summed E-state index contributed by atoms with van der Waals surface area (Å²) in [4.78, 5) is 2.55. The summed E-state index contributed by atoms with van der Waals surface area (Å²) in [5, 5.41) is 20.0. The summed E-state index contributed by atoms with van der Waals surface area (Å²) < 4.78 is 7.13. The highest BCUT2D eigenvalue weighted by molar-refractivity contribution is 5.33. The van der Waals surface area contributed by atoms with Gasteiger partial charge in [0.2, 0.25) is 0 Å². The van der Waals surface area contributed by atoms with Gasteiger partial charge >= 0.3 is 0 Å². The number of likely N-dealkylation sites (tertiary alicyclic amines) is 1. The van der Waals surface area contributed by atoms with Crippen LogP contribution in [0.3, 0.4) is 0 Å². The van der Waals surface area contributed by atoms with Crippen LogP contribution in [0.2, 0.25) is 0 Å². The minimum absolute atomic E-state index is 0.0252. The van der Waals surface area contributed by atoms with E-state index in [9.17, 15) is 10.2 Å². The maximum absolute atomic E-state index is 10.3. The highest BCUT2D eigenvalue weighted by Crippen LogP contribution is 2.64. The largest absolute Gasteiger partial charge is 0.395 e. The molecule has 190 valence electrons. The fourth-order valence-electron chi connectivity index (χ4n) is 10.0. The maximum Gasteiger partial charge on any atom is 0.0765 e. The van der Waals surface area contributed by atoms with E-state index >= 15 is 0 Å². The Kier molecular flexibility index (Phi) is 5.88. The van der Waals surface area contributed by atoms with Crippen LogP contribution < -0.4 is 0 Å². The second-order valence-corrected chi connectivity index (χ2v) is 13.4. The van der Waals surface area contributed by atoms with E-state index in [1.54, 1.807) is 16.7 Å². The van der Waals surface area contributed by atoms with Gasteiger partial charge in [-0.05, 0) is 93.8 Å². The first-order chi connectivity index (χ1) is 16.3. The standard InChI is InChI=1S/C30H47NO3/c1-18-13-27-28(31(17-18)11-12-32)20(3)30(34-27)10-8-23-24-6-5-21-14-22(33)7-9-29(21,4)26(24)15-25(23)19(2)16-30/h14,18,20,22-24,26-28,32-33H,5-13,15-17H2,1-4H3/t18-,20+,22-,23-,24-,26-,27+,28?,29-,30-/m0/s1. The molecule has 2 saturated carbocycles. The van der Waals surface area contributed by atoms with Crippen LogP contribution in [0.25, 0.3) is 0 Å². The number of rotatable bonds is 2. The summed E-state index contributed by atoms with van der Waals surface area (Å²) in [5.41, 5.74) is 5.25. The smallest absolute Gasteiger partial charge is 0.0765 e. The average Bonchev–Trinajstić information content (AvgIpc) is 3.25. The molecule has 2 saturated heterocycles. The van der Waals surface area contributed by atoms with Crippen molar-refractivity contribution in [2.24, 2.45) is 35.0 Å². The number of hydrogen-bond acceptors (Lipinski definition) is 4. The van der Waals surface area contributed by atoms with Gasteiger partial charge < -0.3 is 14.9 Å². The zero-order chi connectivity index (χ0) is 23.8. The van der Waals surface area contributed by atoms with Crippen molar-refractivity contribution in [3.63, 3.8) is 0 Å². The monoisotopic (exact) mass is 469 g/mol. The van der Waals surface area contributed by atoms with Gasteiger partial charge in [0.25, 0.3) is 0 Å². The summed E-state index contributed by atoms with van der Waals surface area (Å²) in [6.07, 6.45) is 12.9. The van der Waals surface area contributed by atoms with Gasteiger partial charge in [-0.15, -0.1) is 0 Å². The van der Waals surface area contributed by atoms with Gasteiger partial charge in [0.15, 0.2) is 0 Å². The topological polar surface area (TPSA) is 52.9 Å². The van der Waals surface area contributed by atoms with Crippen molar-refractivity contribution in [1.29, 1.82) is 0 Å². The first-order valence-electron chi connectivity index (χ1n) is 14.4. The van der Waals surface area contributed by atoms with Crippen LogP contribution >= 0.6 is 0 Å². The summed E-state index contributed by atoms with van der Waals surface area (Å²) in [6.45, 7) is 11.9. The zero-order valence-electron chi connectivity index (χ0n) is 21.9. The van der Waals surface area contributed by atoms with E-state index < -0.39 is 0 Å². The molecule has 1 spiro atoms. The van der Waals surface area contributed by atoms with Crippen molar-refractivity contribution in [2.45, 2.75) is 109 Å². The highest BCUT2D eigenvalue weighted by Gasteiger charge is 2.59. The molecule has 6 aliphatic rings. The fourth-order valence-corrected chi connectivity index (χ4v) is 10.0. The fraction of sp³-hybridized carbons (Fsp3) is 0.867. The van der Waals surface area contributed by atoms with Crippen LogP contribution in [0, 0.1) is 35.0 Å². The van der Waals surface area contributed by atoms with Crippen LogP contribution in [0.5, 0.6) is 0 Å². The number of aliphatic hydroxyl groups is 2. The molecule has 0 aromatic heterocycles. The Labute approximate surface area is 206 Å². The normalized spacial score (nSPS) is 50.9. The van der Waals surface area contributed by atoms with Gasteiger partial charge in [0.05, 0.1) is 24.4 Å².